The summed E-state index contributed by atoms with van der Waals surface area (Å²) in [5, 5.41) is 3.05. The first-order valence-corrected chi connectivity index (χ1v) is 10.4. The van der Waals surface area contributed by atoms with E-state index in [-0.39, 0.29) is 33.1 Å². The average molecular weight is 530 g/mol. The highest BCUT2D eigenvalue weighted by Gasteiger charge is 2.56. The van der Waals surface area contributed by atoms with E-state index in [4.69, 9.17) is 27.9 Å². The number of hydrogen-bond acceptors (Lipinski definition) is 4. The van der Waals surface area contributed by atoms with E-state index in [0.717, 1.165) is 0 Å². The number of thioether (sulfide) groups is 1. The zero-order valence-electron chi connectivity index (χ0n) is 13.8. The SMILES string of the molecule is O=C(CBr)NC1=NC(c2cc(Cl)c(OCCC(F)(F)C(F)(F)F)c(Cl)c2)CS1. The van der Waals surface area contributed by atoms with Gasteiger partial charge in [-0.2, -0.15) is 22.0 Å². The summed E-state index contributed by atoms with van der Waals surface area (Å²) in [5.74, 6) is -4.82. The maximum absolute atomic E-state index is 12.9. The molecule has 2 rings (SSSR count). The first-order valence-electron chi connectivity index (χ1n) is 7.57. The molecule has 0 aliphatic carbocycles. The monoisotopic (exact) mass is 528 g/mol. The molecule has 1 aromatic carbocycles. The highest BCUT2D eigenvalue weighted by Crippen LogP contribution is 2.41. The van der Waals surface area contributed by atoms with E-state index >= 15 is 0 Å². The van der Waals surface area contributed by atoms with Gasteiger partial charge in [-0.3, -0.25) is 9.79 Å². The van der Waals surface area contributed by atoms with Gasteiger partial charge in [0, 0.05) is 5.75 Å². The van der Waals surface area contributed by atoms with Crippen molar-refractivity contribution in [3.63, 3.8) is 0 Å². The lowest BCUT2D eigenvalue weighted by Crippen LogP contribution is -2.37. The van der Waals surface area contributed by atoms with Crippen molar-refractivity contribution in [1.29, 1.82) is 0 Å². The Morgan fingerprint density at radius 2 is 1.89 bits per heavy atom. The van der Waals surface area contributed by atoms with Crippen LogP contribution in [0.2, 0.25) is 10.0 Å². The van der Waals surface area contributed by atoms with Crippen molar-refractivity contribution in [2.24, 2.45) is 4.99 Å². The summed E-state index contributed by atoms with van der Waals surface area (Å²) in [4.78, 5) is 15.7. The zero-order chi connectivity index (χ0) is 21.1. The van der Waals surface area contributed by atoms with Crippen molar-refractivity contribution in [3.05, 3.63) is 27.7 Å². The van der Waals surface area contributed by atoms with Crippen LogP contribution >= 0.6 is 50.9 Å². The number of ether oxygens (including phenoxy) is 1. The van der Waals surface area contributed by atoms with Crippen LogP contribution in [0, 0.1) is 0 Å². The van der Waals surface area contributed by atoms with E-state index in [1.165, 1.54) is 23.9 Å². The topological polar surface area (TPSA) is 50.7 Å². The Morgan fingerprint density at radius 1 is 1.29 bits per heavy atom. The van der Waals surface area contributed by atoms with Crippen molar-refractivity contribution in [2.45, 2.75) is 24.6 Å². The highest BCUT2D eigenvalue weighted by molar-refractivity contribution is 9.09. The standard InChI is InChI=1S/C15H12BrCl2F5N2O2S/c16-5-11(26)25-13-24-10(6-28-13)7-3-8(17)12(9(18)4-7)27-2-1-14(19,20)15(21,22)23/h3-4,10H,1-2,5-6H2,(H,24,25,26). The number of nitrogens with zero attached hydrogens (tertiary/aromatic N) is 1. The Balaban J connectivity index is 2.06. The minimum atomic E-state index is -5.66. The molecule has 156 valence electrons. The predicted molar refractivity (Wildman–Crippen MR) is 102 cm³/mol. The lowest BCUT2D eigenvalue weighted by molar-refractivity contribution is -0.285. The normalized spacial score (nSPS) is 17.4. The fourth-order valence-electron chi connectivity index (χ4n) is 2.10. The Kier molecular flexibility index (Phi) is 7.85. The van der Waals surface area contributed by atoms with Gasteiger partial charge in [0.05, 0.1) is 34.4 Å². The number of hydrogen-bond donors (Lipinski definition) is 1. The van der Waals surface area contributed by atoms with Gasteiger partial charge in [0.2, 0.25) is 5.91 Å². The molecule has 0 aromatic heterocycles. The van der Waals surface area contributed by atoms with Crippen LogP contribution in [0.15, 0.2) is 17.1 Å². The number of nitrogens with one attached hydrogen (secondary N) is 1. The molecule has 0 saturated carbocycles. The Morgan fingerprint density at radius 3 is 2.43 bits per heavy atom. The van der Waals surface area contributed by atoms with Crippen molar-refractivity contribution in [1.82, 2.24) is 5.32 Å². The summed E-state index contributed by atoms with van der Waals surface area (Å²) >= 11 is 16.4. The molecule has 0 fully saturated rings. The number of halogens is 8. The van der Waals surface area contributed by atoms with Crippen LogP contribution < -0.4 is 10.1 Å². The van der Waals surface area contributed by atoms with Crippen LogP contribution in [0.25, 0.3) is 0 Å². The molecule has 0 spiro atoms. The van der Waals surface area contributed by atoms with Gasteiger partial charge in [-0.15, -0.1) is 0 Å². The van der Waals surface area contributed by atoms with Crippen molar-refractivity contribution < 1.29 is 31.5 Å². The van der Waals surface area contributed by atoms with E-state index in [2.05, 4.69) is 26.2 Å². The molecular weight excluding hydrogens is 518 g/mol. The fourth-order valence-corrected chi connectivity index (χ4v) is 3.82. The number of carbonyl (C=O) groups excluding carboxylic acids is 1. The first kappa shape index (κ1) is 23.5. The second kappa shape index (κ2) is 9.36. The Labute approximate surface area is 179 Å². The maximum atomic E-state index is 12.9. The lowest BCUT2D eigenvalue weighted by atomic mass is 10.1. The molecule has 4 nitrogen and oxygen atoms in total. The van der Waals surface area contributed by atoms with E-state index in [1.807, 2.05) is 0 Å². The summed E-state index contributed by atoms with van der Waals surface area (Å²) in [7, 11) is 0. The second-order valence-corrected chi connectivity index (χ2v) is 7.94. The molecule has 1 aromatic rings. The second-order valence-electron chi connectivity index (χ2n) is 5.56. The highest BCUT2D eigenvalue weighted by atomic mass is 79.9. The van der Waals surface area contributed by atoms with Crippen LogP contribution in [0.1, 0.15) is 18.0 Å². The molecule has 28 heavy (non-hydrogen) atoms. The van der Waals surface area contributed by atoms with Crippen LogP contribution in [-0.4, -0.2) is 40.9 Å². The quantitative estimate of drug-likeness (QED) is 0.384. The van der Waals surface area contributed by atoms with E-state index in [0.29, 0.717) is 16.5 Å². The smallest absolute Gasteiger partial charge is 0.453 e. The third-order valence-corrected chi connectivity index (χ3v) is 5.54. The summed E-state index contributed by atoms with van der Waals surface area (Å²) in [6.45, 7) is -0.925. The minimum Gasteiger partial charge on any atom is -0.490 e. The van der Waals surface area contributed by atoms with Gasteiger partial charge < -0.3 is 10.1 Å². The van der Waals surface area contributed by atoms with E-state index in [1.54, 1.807) is 0 Å². The summed E-state index contributed by atoms with van der Waals surface area (Å²) in [5.41, 5.74) is 0.582. The van der Waals surface area contributed by atoms with Crippen molar-refractivity contribution in [2.75, 3.05) is 17.7 Å². The van der Waals surface area contributed by atoms with Gasteiger partial charge in [-0.1, -0.05) is 50.9 Å². The van der Waals surface area contributed by atoms with E-state index in [9.17, 15) is 26.7 Å². The molecule has 1 unspecified atom stereocenters. The third-order valence-electron chi connectivity index (χ3n) is 3.50. The molecule has 1 atom stereocenters. The Bertz CT molecular complexity index is 756. The lowest BCUT2D eigenvalue weighted by Gasteiger charge is -2.20. The first-order chi connectivity index (χ1) is 12.9. The molecule has 0 bridgehead atoms. The van der Waals surface area contributed by atoms with Crippen LogP contribution in [0.4, 0.5) is 22.0 Å². The van der Waals surface area contributed by atoms with Crippen molar-refractivity contribution in [3.8, 4) is 5.75 Å². The number of amidine groups is 1. The number of carbonyl (C=O) groups is 1. The van der Waals surface area contributed by atoms with Crippen LogP contribution in [0.5, 0.6) is 5.75 Å². The van der Waals surface area contributed by atoms with E-state index < -0.39 is 25.1 Å². The molecule has 13 heteroatoms. The van der Waals surface area contributed by atoms with Gasteiger partial charge >= 0.3 is 12.1 Å². The summed E-state index contributed by atoms with van der Waals surface area (Å²) in [6, 6.07) is 2.51. The average Bonchev–Trinajstić information content (AvgIpc) is 3.04. The predicted octanol–water partition coefficient (Wildman–Crippen LogP) is 5.61. The Hall–Kier alpha value is -0.780. The van der Waals surface area contributed by atoms with Gasteiger partial charge in [0.15, 0.2) is 10.9 Å². The summed E-state index contributed by atoms with van der Waals surface area (Å²) < 4.78 is 67.4. The number of rotatable bonds is 6. The van der Waals surface area contributed by atoms with Gasteiger partial charge in [0.1, 0.15) is 0 Å². The maximum Gasteiger partial charge on any atom is 0.453 e. The number of amides is 1. The largest absolute Gasteiger partial charge is 0.490 e. The molecule has 0 radical (unpaired) electrons. The van der Waals surface area contributed by atoms with Crippen molar-refractivity contribution >= 4 is 62.0 Å². The number of aliphatic imine (C=N–C) groups is 1. The van der Waals surface area contributed by atoms with Crippen LogP contribution in [0.3, 0.4) is 0 Å². The van der Waals surface area contributed by atoms with Gasteiger partial charge in [-0.25, -0.2) is 0 Å². The molecule has 0 saturated heterocycles. The number of benzene rings is 1. The fraction of sp³-hybridized carbons (Fsp3) is 0.467. The number of alkyl halides is 6. The minimum absolute atomic E-state index is 0.0454. The zero-order valence-corrected chi connectivity index (χ0v) is 17.7. The third kappa shape index (κ3) is 5.87. The van der Waals surface area contributed by atoms with Gasteiger partial charge in [0.25, 0.3) is 0 Å². The van der Waals surface area contributed by atoms with Crippen LogP contribution in [-0.2, 0) is 4.79 Å². The molecule has 1 aliphatic rings. The molecule has 1 aliphatic heterocycles. The molecule has 1 amide bonds. The summed E-state index contributed by atoms with van der Waals surface area (Å²) in [6.07, 6.45) is -7.22. The van der Waals surface area contributed by atoms with Gasteiger partial charge in [-0.05, 0) is 17.7 Å². The molecule has 1 N–H and O–H groups in total. The molecule has 1 heterocycles. The molecular formula is C15H12BrCl2F5N2O2S.